The quantitative estimate of drug-likeness (QED) is 0.0777. The number of hydrogen-bond donors (Lipinski definition) is 0. The molecule has 0 saturated heterocycles. The maximum Gasteiger partial charge on any atom is 0.235 e. The molecule has 0 aliphatic heterocycles. The summed E-state index contributed by atoms with van der Waals surface area (Å²) in [6.07, 6.45) is 4.52. The molecule has 0 radical (unpaired) electrons. The molecule has 0 N–H and O–H groups in total. The lowest BCUT2D eigenvalue weighted by atomic mass is 10.1. The second-order valence-corrected chi connectivity index (χ2v) is 14.1. The van der Waals surface area contributed by atoms with Crippen molar-refractivity contribution in [2.24, 2.45) is 0 Å². The van der Waals surface area contributed by atoms with Crippen molar-refractivity contribution in [3.63, 3.8) is 0 Å². The Morgan fingerprint density at radius 3 is 2.19 bits per heavy atom. The number of rotatable bonds is 18. The van der Waals surface area contributed by atoms with E-state index in [0.717, 1.165) is 47.4 Å². The lowest BCUT2D eigenvalue weighted by Gasteiger charge is -2.12. The highest BCUT2D eigenvalue weighted by Crippen LogP contribution is 2.32. The van der Waals surface area contributed by atoms with E-state index in [9.17, 15) is 9.59 Å². The van der Waals surface area contributed by atoms with Gasteiger partial charge in [-0.3, -0.25) is 9.59 Å². The molecular weight excluding hydrogens is 747 g/mol. The molecule has 5 aromatic carbocycles. The molecule has 3 aromatic heterocycles. The topological polar surface area (TPSA) is 128 Å². The van der Waals surface area contributed by atoms with Crippen molar-refractivity contribution >= 4 is 21.9 Å². The van der Waals surface area contributed by atoms with E-state index in [-0.39, 0.29) is 23.2 Å². The lowest BCUT2D eigenvalue weighted by Crippen LogP contribution is -2.12. The van der Waals surface area contributed by atoms with Crippen LogP contribution in [0, 0.1) is 6.92 Å². The van der Waals surface area contributed by atoms with Crippen LogP contribution < -0.4 is 25.1 Å². The number of benzene rings is 5. The number of aryl methyl sites for hydroxylation is 2. The Bertz CT molecular complexity index is 2760. The van der Waals surface area contributed by atoms with E-state index in [1.165, 1.54) is 6.07 Å². The first-order chi connectivity index (χ1) is 29.0. The van der Waals surface area contributed by atoms with Gasteiger partial charge in [0.15, 0.2) is 11.2 Å². The summed E-state index contributed by atoms with van der Waals surface area (Å²) in [5, 5.41) is 9.59. The van der Waals surface area contributed by atoms with Crippen LogP contribution >= 0.6 is 0 Å². The van der Waals surface area contributed by atoms with E-state index in [0.29, 0.717) is 77.7 Å². The second kappa shape index (κ2) is 18.5. The maximum atomic E-state index is 13.5. The Morgan fingerprint density at radius 2 is 1.37 bits per heavy atom. The van der Waals surface area contributed by atoms with Crippen molar-refractivity contribution in [2.75, 3.05) is 26.4 Å². The van der Waals surface area contributed by atoms with E-state index < -0.39 is 0 Å². The molecule has 0 saturated carbocycles. The molecule has 11 nitrogen and oxygen atoms in total. The van der Waals surface area contributed by atoms with Crippen molar-refractivity contribution < 1.29 is 27.8 Å². The van der Waals surface area contributed by atoms with Crippen molar-refractivity contribution in [1.29, 1.82) is 0 Å². The Balaban J connectivity index is 0.735. The summed E-state index contributed by atoms with van der Waals surface area (Å²) < 4.78 is 37.7. The van der Waals surface area contributed by atoms with Gasteiger partial charge in [0.05, 0.1) is 42.8 Å². The van der Waals surface area contributed by atoms with Crippen LogP contribution in [0.4, 0.5) is 0 Å². The minimum atomic E-state index is -0.217. The summed E-state index contributed by atoms with van der Waals surface area (Å²) >= 11 is 0. The zero-order valence-corrected chi connectivity index (χ0v) is 32.7. The molecule has 0 aliphatic carbocycles. The third-order valence-corrected chi connectivity index (χ3v) is 9.76. The van der Waals surface area contributed by atoms with E-state index in [1.807, 2.05) is 122 Å². The number of nitrogens with zero attached hydrogens (tertiary/aromatic N) is 3. The second-order valence-electron chi connectivity index (χ2n) is 14.1. The molecule has 0 fully saturated rings. The molecule has 0 aliphatic rings. The van der Waals surface area contributed by atoms with Gasteiger partial charge < -0.3 is 27.8 Å². The van der Waals surface area contributed by atoms with Crippen LogP contribution in [0.15, 0.2) is 152 Å². The van der Waals surface area contributed by atoms with Crippen LogP contribution in [-0.4, -0.2) is 41.4 Å². The van der Waals surface area contributed by atoms with Gasteiger partial charge in [-0.15, -0.1) is 5.10 Å². The Kier molecular flexibility index (Phi) is 12.2. The minimum absolute atomic E-state index is 0.0569. The molecule has 0 unspecified atom stereocenters. The van der Waals surface area contributed by atoms with Gasteiger partial charge in [-0.25, -0.2) is 4.68 Å². The Hall–Kier alpha value is -6.98. The average Bonchev–Trinajstić information content (AvgIpc) is 3.73. The highest BCUT2D eigenvalue weighted by Gasteiger charge is 2.18. The highest BCUT2D eigenvalue weighted by atomic mass is 16.5. The molecule has 298 valence electrons. The van der Waals surface area contributed by atoms with Crippen LogP contribution in [0.3, 0.4) is 0 Å². The van der Waals surface area contributed by atoms with Gasteiger partial charge in [0.25, 0.3) is 0 Å². The zero-order chi connectivity index (χ0) is 40.4. The molecular formula is C48H43N3O8. The summed E-state index contributed by atoms with van der Waals surface area (Å²) in [6, 6.07) is 39.0. The first kappa shape index (κ1) is 38.9. The van der Waals surface area contributed by atoms with Crippen molar-refractivity contribution in [2.45, 2.75) is 39.3 Å². The number of ether oxygens (including phenoxy) is 4. The predicted molar refractivity (Wildman–Crippen MR) is 226 cm³/mol. The molecule has 8 rings (SSSR count). The fraction of sp³-hybridized carbons (Fsp3) is 0.208. The molecule has 3 heterocycles. The summed E-state index contributed by atoms with van der Waals surface area (Å²) in [7, 11) is 0. The van der Waals surface area contributed by atoms with Gasteiger partial charge in [-0.1, -0.05) is 59.3 Å². The molecule has 0 atom stereocenters. The van der Waals surface area contributed by atoms with Crippen LogP contribution in [0.5, 0.6) is 17.2 Å². The standard InChI is InChI=1S/C48H43N3O8/c1-33-14-23-44-41(29-33)42(52)30-45(58-44)35-15-19-38(20-16-35)55-25-8-7-11-37-31-51(50-49-37)24-26-54-27-28-56-39-21-17-36(18-22-39)47-48(57-32-34-9-3-2-4-10-34)46(53)40-12-5-6-13-43(40)59-47/h2-6,9-10,12-23,29-31H,7-8,11,24-28,32H2,1H3. The molecule has 59 heavy (non-hydrogen) atoms. The van der Waals surface area contributed by atoms with Gasteiger partial charge in [-0.05, 0) is 105 Å². The Morgan fingerprint density at radius 1 is 0.644 bits per heavy atom. The van der Waals surface area contributed by atoms with Gasteiger partial charge >= 0.3 is 0 Å². The van der Waals surface area contributed by atoms with Crippen molar-refractivity contribution in [1.82, 2.24) is 15.0 Å². The van der Waals surface area contributed by atoms with E-state index >= 15 is 0 Å². The van der Waals surface area contributed by atoms with Crippen LogP contribution in [0.25, 0.3) is 44.6 Å². The van der Waals surface area contributed by atoms with Crippen molar-refractivity contribution in [3.8, 4) is 39.9 Å². The van der Waals surface area contributed by atoms with E-state index in [4.69, 9.17) is 27.8 Å². The molecule has 0 spiro atoms. The first-order valence-electron chi connectivity index (χ1n) is 19.7. The largest absolute Gasteiger partial charge is 0.494 e. The van der Waals surface area contributed by atoms with Crippen LogP contribution in [0.1, 0.15) is 29.7 Å². The monoisotopic (exact) mass is 789 g/mol. The third-order valence-electron chi connectivity index (χ3n) is 9.76. The fourth-order valence-corrected chi connectivity index (χ4v) is 6.65. The Labute approximate surface area is 340 Å². The third kappa shape index (κ3) is 9.77. The number of fused-ring (bicyclic) bond motifs is 2. The summed E-state index contributed by atoms with van der Waals surface area (Å²) in [4.78, 5) is 26.1. The number of aromatic nitrogens is 3. The zero-order valence-electron chi connectivity index (χ0n) is 32.7. The summed E-state index contributed by atoms with van der Waals surface area (Å²) in [5.41, 5.74) is 5.21. The van der Waals surface area contributed by atoms with E-state index in [1.54, 1.807) is 16.8 Å². The fourth-order valence-electron chi connectivity index (χ4n) is 6.65. The average molecular weight is 790 g/mol. The molecule has 8 aromatic rings. The molecule has 0 bridgehead atoms. The normalized spacial score (nSPS) is 11.3. The number of para-hydroxylation sites is 1. The molecule has 0 amide bonds. The smallest absolute Gasteiger partial charge is 0.235 e. The van der Waals surface area contributed by atoms with E-state index in [2.05, 4.69) is 10.3 Å². The predicted octanol–water partition coefficient (Wildman–Crippen LogP) is 9.21. The number of hydrogen-bond acceptors (Lipinski definition) is 10. The van der Waals surface area contributed by atoms with Crippen molar-refractivity contribution in [3.05, 3.63) is 171 Å². The van der Waals surface area contributed by atoms with Crippen LogP contribution in [0.2, 0.25) is 0 Å². The maximum absolute atomic E-state index is 13.5. The van der Waals surface area contributed by atoms with Gasteiger partial charge in [0.1, 0.15) is 41.6 Å². The summed E-state index contributed by atoms with van der Waals surface area (Å²) in [5.74, 6) is 2.50. The SMILES string of the molecule is Cc1ccc2oc(-c3ccc(OCCCCc4cn(CCOCCOc5ccc(-c6oc7ccccc7c(=O)c6OCc6ccccc6)cc5)nn4)cc3)cc(=O)c2c1. The van der Waals surface area contributed by atoms with Crippen LogP contribution in [-0.2, 0) is 24.3 Å². The van der Waals surface area contributed by atoms with Gasteiger partial charge in [-0.2, -0.15) is 0 Å². The van der Waals surface area contributed by atoms with Gasteiger partial charge in [0, 0.05) is 23.4 Å². The van der Waals surface area contributed by atoms with Gasteiger partial charge in [0.2, 0.25) is 11.2 Å². The number of unbranched alkanes of at least 4 members (excludes halogenated alkanes) is 1. The minimum Gasteiger partial charge on any atom is -0.494 e. The molecule has 11 heteroatoms. The summed E-state index contributed by atoms with van der Waals surface area (Å²) in [6.45, 7) is 4.59. The highest BCUT2D eigenvalue weighted by molar-refractivity contribution is 5.82. The lowest BCUT2D eigenvalue weighted by molar-refractivity contribution is 0.0923. The first-order valence-corrected chi connectivity index (χ1v) is 19.7.